The Kier molecular flexibility index (Phi) is 5.62. The first kappa shape index (κ1) is 17.3. The number of rotatable bonds is 4. The number of benzene rings is 2. The van der Waals surface area contributed by atoms with Gasteiger partial charge in [0.2, 0.25) is 0 Å². The largest absolute Gasteiger partial charge is 0.507 e. The van der Waals surface area contributed by atoms with E-state index < -0.39 is 5.91 Å². The standard InChI is InChI=1S/C15H12Br2N2O4/c1-23-12-6-10(16)13(17)9(14(12)21)7-18-19-15(22)8-4-2-3-5-11(8)20/h2-7,20-21H,1H3,(H,19,22). The Morgan fingerprint density at radius 2 is 2.00 bits per heavy atom. The number of amides is 1. The maximum absolute atomic E-state index is 11.9. The molecule has 1 amide bonds. The molecule has 0 aliphatic rings. The SMILES string of the molecule is COc1cc(Br)c(Br)c(C=NNC(=O)c2ccccc2O)c1O. The molecule has 2 rings (SSSR count). The van der Waals surface area contributed by atoms with Gasteiger partial charge in [-0.05, 0) is 50.1 Å². The molecular formula is C15H12Br2N2O4. The average Bonchev–Trinajstić information content (AvgIpc) is 2.54. The molecule has 23 heavy (non-hydrogen) atoms. The van der Waals surface area contributed by atoms with Gasteiger partial charge in [-0.15, -0.1) is 0 Å². The van der Waals surface area contributed by atoms with Crippen LogP contribution in [-0.2, 0) is 0 Å². The second-order valence-corrected chi connectivity index (χ2v) is 6.00. The fourth-order valence-corrected chi connectivity index (χ4v) is 2.59. The van der Waals surface area contributed by atoms with E-state index in [-0.39, 0.29) is 22.8 Å². The Balaban J connectivity index is 2.23. The summed E-state index contributed by atoms with van der Waals surface area (Å²) in [5.41, 5.74) is 2.71. The van der Waals surface area contributed by atoms with Gasteiger partial charge in [-0.1, -0.05) is 12.1 Å². The van der Waals surface area contributed by atoms with Gasteiger partial charge in [0, 0.05) is 8.95 Å². The zero-order valence-electron chi connectivity index (χ0n) is 11.9. The highest BCUT2D eigenvalue weighted by atomic mass is 79.9. The molecule has 0 aliphatic carbocycles. The van der Waals surface area contributed by atoms with Crippen molar-refractivity contribution >= 4 is 44.0 Å². The highest BCUT2D eigenvalue weighted by Gasteiger charge is 2.14. The van der Waals surface area contributed by atoms with Crippen molar-refractivity contribution in [2.24, 2.45) is 5.10 Å². The van der Waals surface area contributed by atoms with Gasteiger partial charge in [-0.3, -0.25) is 4.79 Å². The van der Waals surface area contributed by atoms with Crippen LogP contribution in [0.25, 0.3) is 0 Å². The fourth-order valence-electron chi connectivity index (χ4n) is 1.77. The molecule has 2 aromatic rings. The second kappa shape index (κ2) is 7.47. The Morgan fingerprint density at radius 1 is 1.30 bits per heavy atom. The Labute approximate surface area is 149 Å². The van der Waals surface area contributed by atoms with E-state index in [0.717, 1.165) is 0 Å². The van der Waals surface area contributed by atoms with E-state index in [4.69, 9.17) is 4.74 Å². The van der Waals surface area contributed by atoms with Gasteiger partial charge < -0.3 is 14.9 Å². The minimum atomic E-state index is -0.572. The van der Waals surface area contributed by atoms with Crippen LogP contribution in [0.3, 0.4) is 0 Å². The van der Waals surface area contributed by atoms with Gasteiger partial charge in [0.05, 0.1) is 24.5 Å². The number of para-hydroxylation sites is 1. The predicted octanol–water partition coefficient (Wildman–Crippen LogP) is 3.40. The van der Waals surface area contributed by atoms with Gasteiger partial charge in [-0.2, -0.15) is 5.10 Å². The average molecular weight is 444 g/mol. The summed E-state index contributed by atoms with van der Waals surface area (Å²) >= 11 is 6.63. The van der Waals surface area contributed by atoms with E-state index >= 15 is 0 Å². The molecule has 3 N–H and O–H groups in total. The Hall–Kier alpha value is -2.06. The van der Waals surface area contributed by atoms with Crippen LogP contribution in [0.15, 0.2) is 44.4 Å². The lowest BCUT2D eigenvalue weighted by Gasteiger charge is -2.09. The van der Waals surface area contributed by atoms with E-state index in [1.165, 1.54) is 25.5 Å². The fraction of sp³-hybridized carbons (Fsp3) is 0.0667. The van der Waals surface area contributed by atoms with E-state index in [2.05, 4.69) is 42.4 Å². The third-order valence-electron chi connectivity index (χ3n) is 2.92. The molecule has 120 valence electrons. The summed E-state index contributed by atoms with van der Waals surface area (Å²) in [6.07, 6.45) is 1.27. The van der Waals surface area contributed by atoms with E-state index in [0.29, 0.717) is 14.5 Å². The van der Waals surface area contributed by atoms with Crippen molar-refractivity contribution < 1.29 is 19.7 Å². The van der Waals surface area contributed by atoms with Crippen molar-refractivity contribution in [3.63, 3.8) is 0 Å². The van der Waals surface area contributed by atoms with Crippen LogP contribution in [0.5, 0.6) is 17.2 Å². The first-order valence-corrected chi connectivity index (χ1v) is 7.90. The van der Waals surface area contributed by atoms with E-state index in [1.807, 2.05) is 0 Å². The summed E-state index contributed by atoms with van der Waals surface area (Å²) in [5, 5.41) is 23.5. The number of nitrogens with one attached hydrogen (secondary N) is 1. The van der Waals surface area contributed by atoms with Gasteiger partial charge in [0.25, 0.3) is 5.91 Å². The van der Waals surface area contributed by atoms with E-state index in [9.17, 15) is 15.0 Å². The zero-order chi connectivity index (χ0) is 17.0. The van der Waals surface area contributed by atoms with Crippen molar-refractivity contribution in [3.05, 3.63) is 50.4 Å². The lowest BCUT2D eigenvalue weighted by atomic mass is 10.2. The van der Waals surface area contributed by atoms with Crippen molar-refractivity contribution in [1.29, 1.82) is 0 Å². The molecule has 0 bridgehead atoms. The molecule has 0 heterocycles. The summed E-state index contributed by atoms with van der Waals surface area (Å²) in [6.45, 7) is 0. The number of methoxy groups -OCH3 is 1. The van der Waals surface area contributed by atoms with E-state index in [1.54, 1.807) is 18.2 Å². The molecule has 2 aromatic carbocycles. The summed E-state index contributed by atoms with van der Waals surface area (Å²) in [5.74, 6) is -0.582. The number of hydrogen-bond donors (Lipinski definition) is 3. The van der Waals surface area contributed by atoms with Gasteiger partial charge >= 0.3 is 0 Å². The maximum atomic E-state index is 11.9. The van der Waals surface area contributed by atoms with Crippen LogP contribution >= 0.6 is 31.9 Å². The number of carbonyl (C=O) groups excluding carboxylic acids is 1. The van der Waals surface area contributed by atoms with Crippen LogP contribution in [0, 0.1) is 0 Å². The van der Waals surface area contributed by atoms with Crippen LogP contribution in [0.1, 0.15) is 15.9 Å². The number of phenols is 2. The number of aromatic hydroxyl groups is 2. The Bertz CT molecular complexity index is 778. The normalized spacial score (nSPS) is 10.7. The molecule has 0 radical (unpaired) electrons. The minimum Gasteiger partial charge on any atom is -0.507 e. The third kappa shape index (κ3) is 3.83. The minimum absolute atomic E-state index is 0.0970. The summed E-state index contributed by atoms with van der Waals surface area (Å²) < 4.78 is 6.26. The number of hydrazone groups is 1. The molecule has 0 unspecified atom stereocenters. The van der Waals surface area contributed by atoms with Crippen molar-refractivity contribution in [3.8, 4) is 17.2 Å². The molecule has 0 spiro atoms. The molecule has 0 aromatic heterocycles. The molecule has 6 nitrogen and oxygen atoms in total. The Morgan fingerprint density at radius 3 is 2.65 bits per heavy atom. The van der Waals surface area contributed by atoms with Gasteiger partial charge in [0.15, 0.2) is 11.5 Å². The number of phenolic OH excluding ortho intramolecular Hbond substituents is 2. The zero-order valence-corrected chi connectivity index (χ0v) is 15.1. The first-order valence-electron chi connectivity index (χ1n) is 6.32. The number of ether oxygens (including phenoxy) is 1. The van der Waals surface area contributed by atoms with Crippen LogP contribution in [-0.4, -0.2) is 29.4 Å². The highest BCUT2D eigenvalue weighted by Crippen LogP contribution is 2.39. The van der Waals surface area contributed by atoms with Crippen molar-refractivity contribution in [1.82, 2.24) is 5.43 Å². The molecular weight excluding hydrogens is 432 g/mol. The summed E-state index contributed by atoms with van der Waals surface area (Å²) in [4.78, 5) is 11.9. The second-order valence-electron chi connectivity index (χ2n) is 4.35. The smallest absolute Gasteiger partial charge is 0.275 e. The number of nitrogens with zero attached hydrogens (tertiary/aromatic N) is 1. The molecule has 0 aliphatic heterocycles. The topological polar surface area (TPSA) is 91.2 Å². The van der Waals surface area contributed by atoms with Crippen LogP contribution in [0.2, 0.25) is 0 Å². The quantitative estimate of drug-likeness (QED) is 0.498. The lowest BCUT2D eigenvalue weighted by molar-refractivity contribution is 0.0952. The number of hydrogen-bond acceptors (Lipinski definition) is 5. The molecule has 0 saturated carbocycles. The van der Waals surface area contributed by atoms with Gasteiger partial charge in [0.1, 0.15) is 5.75 Å². The molecule has 0 fully saturated rings. The first-order chi connectivity index (χ1) is 11.0. The number of carbonyl (C=O) groups is 1. The molecule has 0 atom stereocenters. The monoisotopic (exact) mass is 442 g/mol. The summed E-state index contributed by atoms with van der Waals surface area (Å²) in [7, 11) is 1.43. The van der Waals surface area contributed by atoms with Crippen molar-refractivity contribution in [2.45, 2.75) is 0 Å². The van der Waals surface area contributed by atoms with Crippen LogP contribution in [0.4, 0.5) is 0 Å². The molecule has 8 heteroatoms. The molecule has 0 saturated heterocycles. The predicted molar refractivity (Wildman–Crippen MR) is 93.2 cm³/mol. The third-order valence-corrected chi connectivity index (χ3v) is 4.93. The van der Waals surface area contributed by atoms with Crippen molar-refractivity contribution in [2.75, 3.05) is 7.11 Å². The number of halogens is 2. The maximum Gasteiger partial charge on any atom is 0.275 e. The summed E-state index contributed by atoms with van der Waals surface area (Å²) in [6, 6.07) is 7.70. The van der Waals surface area contributed by atoms with Gasteiger partial charge in [-0.25, -0.2) is 5.43 Å². The van der Waals surface area contributed by atoms with Crippen LogP contribution < -0.4 is 10.2 Å². The highest BCUT2D eigenvalue weighted by molar-refractivity contribution is 9.13. The lowest BCUT2D eigenvalue weighted by Crippen LogP contribution is -2.17.